The maximum absolute atomic E-state index is 12.0. The lowest BCUT2D eigenvalue weighted by molar-refractivity contribution is -0.138. The Morgan fingerprint density at radius 3 is 2.18 bits per heavy atom. The van der Waals surface area contributed by atoms with E-state index in [1.54, 1.807) is 24.3 Å². The Bertz CT molecular complexity index is 474. The van der Waals surface area contributed by atoms with Gasteiger partial charge in [0.2, 0.25) is 0 Å². The van der Waals surface area contributed by atoms with E-state index in [0.29, 0.717) is 17.7 Å². The number of ether oxygens (including phenoxy) is 1. The van der Waals surface area contributed by atoms with Crippen molar-refractivity contribution in [3.63, 3.8) is 0 Å². The lowest BCUT2D eigenvalue weighted by atomic mass is 10.1. The first kappa shape index (κ1) is 18.0. The summed E-state index contributed by atoms with van der Waals surface area (Å²) in [5, 5.41) is 3.22. The highest BCUT2D eigenvalue weighted by atomic mass is 16.5. The zero-order chi connectivity index (χ0) is 16.6. The molecule has 2 rings (SSSR count). The van der Waals surface area contributed by atoms with Crippen LogP contribution in [0.15, 0.2) is 24.3 Å². The number of piperazine rings is 1. The van der Waals surface area contributed by atoms with Crippen molar-refractivity contribution < 1.29 is 14.3 Å². The van der Waals surface area contributed by atoms with E-state index in [-0.39, 0.29) is 11.5 Å². The Balaban J connectivity index is 0.000000295. The van der Waals surface area contributed by atoms with Crippen molar-refractivity contribution in [3.8, 4) is 0 Å². The second-order valence-corrected chi connectivity index (χ2v) is 5.99. The summed E-state index contributed by atoms with van der Waals surface area (Å²) in [5.41, 5.74) is 6.65. The van der Waals surface area contributed by atoms with Gasteiger partial charge >= 0.3 is 0 Å². The normalized spacial score (nSPS) is 14.6. The second-order valence-electron chi connectivity index (χ2n) is 5.99. The first-order valence-electron chi connectivity index (χ1n) is 7.30. The lowest BCUT2D eigenvalue weighted by Crippen LogP contribution is -2.46. The van der Waals surface area contributed by atoms with E-state index in [1.807, 2.05) is 25.7 Å². The molecule has 0 atom stereocenters. The van der Waals surface area contributed by atoms with Crippen LogP contribution in [0.4, 0.5) is 5.69 Å². The summed E-state index contributed by atoms with van der Waals surface area (Å²) in [6.45, 7) is 9.23. The number of hydrogen-bond acceptors (Lipinski definition) is 5. The summed E-state index contributed by atoms with van der Waals surface area (Å²) in [5.74, 6) is 0.0940. The molecule has 0 unspecified atom stereocenters. The molecule has 0 saturated carbocycles. The van der Waals surface area contributed by atoms with Gasteiger partial charge in [-0.3, -0.25) is 9.59 Å². The largest absolute Gasteiger partial charge is 0.462 e. The average molecular weight is 307 g/mol. The first-order valence-corrected chi connectivity index (χ1v) is 7.30. The Kier molecular flexibility index (Phi) is 6.85. The summed E-state index contributed by atoms with van der Waals surface area (Å²) < 4.78 is 4.55. The first-order chi connectivity index (χ1) is 10.3. The highest BCUT2D eigenvalue weighted by Crippen LogP contribution is 2.09. The van der Waals surface area contributed by atoms with Crippen LogP contribution in [-0.4, -0.2) is 49.1 Å². The molecule has 1 aliphatic heterocycles. The van der Waals surface area contributed by atoms with Gasteiger partial charge in [-0.2, -0.15) is 0 Å². The Labute approximate surface area is 131 Å². The average Bonchev–Trinajstić information content (AvgIpc) is 2.48. The number of nitrogen functional groups attached to an aromatic ring is 1. The maximum atomic E-state index is 12.0. The number of nitrogens with two attached hydrogens (primary N) is 1. The number of anilines is 1. The van der Waals surface area contributed by atoms with Crippen molar-refractivity contribution in [1.29, 1.82) is 0 Å². The summed E-state index contributed by atoms with van der Waals surface area (Å²) >= 11 is 0. The molecule has 0 aromatic heterocycles. The highest BCUT2D eigenvalue weighted by Gasteiger charge is 2.17. The number of hydrogen-bond donors (Lipinski definition) is 2. The summed E-state index contributed by atoms with van der Waals surface area (Å²) in [4.78, 5) is 23.4. The fourth-order valence-electron chi connectivity index (χ4n) is 1.82. The van der Waals surface area contributed by atoms with E-state index in [4.69, 9.17) is 5.73 Å². The fourth-order valence-corrected chi connectivity index (χ4v) is 1.82. The second kappa shape index (κ2) is 8.38. The summed E-state index contributed by atoms with van der Waals surface area (Å²) in [7, 11) is 0. The molecule has 0 radical (unpaired) electrons. The molecular formula is C16H25N3O3. The highest BCUT2D eigenvalue weighted by molar-refractivity contribution is 5.94. The third-order valence-electron chi connectivity index (χ3n) is 2.96. The molecule has 1 aliphatic rings. The number of nitrogens with one attached hydrogen (secondary N) is 1. The van der Waals surface area contributed by atoms with Gasteiger partial charge in [-0.1, -0.05) is 0 Å². The van der Waals surface area contributed by atoms with Crippen LogP contribution >= 0.6 is 0 Å². The third-order valence-corrected chi connectivity index (χ3v) is 2.96. The van der Waals surface area contributed by atoms with Gasteiger partial charge in [0.25, 0.3) is 12.4 Å². The van der Waals surface area contributed by atoms with Crippen molar-refractivity contribution in [3.05, 3.63) is 29.8 Å². The van der Waals surface area contributed by atoms with E-state index in [2.05, 4.69) is 10.1 Å². The van der Waals surface area contributed by atoms with Gasteiger partial charge in [-0.15, -0.1) is 0 Å². The van der Waals surface area contributed by atoms with Crippen LogP contribution < -0.4 is 11.1 Å². The SMILES string of the molecule is CC(C)(C)OC=O.Nc1ccc(C(=O)N2CCNCC2)cc1. The Morgan fingerprint density at radius 1 is 1.23 bits per heavy atom. The Morgan fingerprint density at radius 2 is 1.77 bits per heavy atom. The predicted octanol–water partition coefficient (Wildman–Crippen LogP) is 1.27. The molecule has 22 heavy (non-hydrogen) atoms. The van der Waals surface area contributed by atoms with Crippen molar-refractivity contribution in [2.75, 3.05) is 31.9 Å². The van der Waals surface area contributed by atoms with Crippen LogP contribution in [0.2, 0.25) is 0 Å². The van der Waals surface area contributed by atoms with Gasteiger partial charge in [0, 0.05) is 37.4 Å². The van der Waals surface area contributed by atoms with Crippen molar-refractivity contribution in [2.45, 2.75) is 26.4 Å². The number of rotatable bonds is 2. The molecule has 1 amide bonds. The van der Waals surface area contributed by atoms with Gasteiger partial charge in [-0.25, -0.2) is 0 Å². The molecule has 1 aromatic carbocycles. The van der Waals surface area contributed by atoms with Crippen LogP contribution in [0.1, 0.15) is 31.1 Å². The molecule has 6 nitrogen and oxygen atoms in total. The van der Waals surface area contributed by atoms with Gasteiger partial charge in [-0.05, 0) is 45.0 Å². The Hall–Kier alpha value is -2.08. The van der Waals surface area contributed by atoms with Crippen LogP contribution in [0.3, 0.4) is 0 Å². The van der Waals surface area contributed by atoms with Crippen LogP contribution in [-0.2, 0) is 9.53 Å². The van der Waals surface area contributed by atoms with E-state index in [0.717, 1.165) is 26.2 Å². The monoisotopic (exact) mass is 307 g/mol. The van der Waals surface area contributed by atoms with E-state index >= 15 is 0 Å². The predicted molar refractivity (Wildman–Crippen MR) is 86.5 cm³/mol. The minimum Gasteiger partial charge on any atom is -0.462 e. The minimum absolute atomic E-state index is 0.0940. The zero-order valence-electron chi connectivity index (χ0n) is 13.5. The van der Waals surface area contributed by atoms with Crippen LogP contribution in [0, 0.1) is 0 Å². The summed E-state index contributed by atoms with van der Waals surface area (Å²) in [6.07, 6.45) is 0. The molecule has 1 aromatic rings. The number of carbonyl (C=O) groups excluding carboxylic acids is 2. The molecule has 1 saturated heterocycles. The quantitative estimate of drug-likeness (QED) is 0.635. The molecular weight excluding hydrogens is 282 g/mol. The molecule has 1 heterocycles. The number of nitrogens with zero attached hydrogens (tertiary/aromatic N) is 1. The number of amides is 1. The molecule has 122 valence electrons. The van der Waals surface area contributed by atoms with Crippen molar-refractivity contribution >= 4 is 18.1 Å². The molecule has 0 aliphatic carbocycles. The van der Waals surface area contributed by atoms with Crippen molar-refractivity contribution in [1.82, 2.24) is 10.2 Å². The van der Waals surface area contributed by atoms with Gasteiger partial charge in [0.1, 0.15) is 5.60 Å². The molecule has 0 spiro atoms. The minimum atomic E-state index is -0.318. The van der Waals surface area contributed by atoms with E-state index < -0.39 is 0 Å². The molecule has 1 fully saturated rings. The lowest BCUT2D eigenvalue weighted by Gasteiger charge is -2.27. The van der Waals surface area contributed by atoms with Gasteiger partial charge in [0.15, 0.2) is 0 Å². The standard InChI is InChI=1S/C11H15N3O.C5H10O2/c12-10-3-1-9(2-4-10)11(15)14-7-5-13-6-8-14;1-5(2,3)7-4-6/h1-4,13H,5-8,12H2;4H,1-3H3. The molecule has 6 heteroatoms. The molecule has 0 bridgehead atoms. The van der Waals surface area contributed by atoms with Crippen molar-refractivity contribution in [2.24, 2.45) is 0 Å². The van der Waals surface area contributed by atoms with Gasteiger partial charge < -0.3 is 20.7 Å². The maximum Gasteiger partial charge on any atom is 0.293 e. The molecule has 3 N–H and O–H groups in total. The number of benzene rings is 1. The smallest absolute Gasteiger partial charge is 0.293 e. The van der Waals surface area contributed by atoms with Crippen LogP contribution in [0.5, 0.6) is 0 Å². The topological polar surface area (TPSA) is 84.7 Å². The third kappa shape index (κ3) is 6.58. The zero-order valence-corrected chi connectivity index (χ0v) is 13.5. The number of carbonyl (C=O) groups is 2. The summed E-state index contributed by atoms with van der Waals surface area (Å²) in [6, 6.07) is 7.07. The van der Waals surface area contributed by atoms with Gasteiger partial charge in [0.05, 0.1) is 0 Å². The van der Waals surface area contributed by atoms with Crippen LogP contribution in [0.25, 0.3) is 0 Å². The van der Waals surface area contributed by atoms with E-state index in [9.17, 15) is 9.59 Å². The fraction of sp³-hybridized carbons (Fsp3) is 0.500. The van der Waals surface area contributed by atoms with E-state index in [1.165, 1.54) is 0 Å².